The van der Waals surface area contributed by atoms with E-state index < -0.39 is 0 Å². The van der Waals surface area contributed by atoms with Gasteiger partial charge < -0.3 is 59.1 Å². The summed E-state index contributed by atoms with van der Waals surface area (Å²) in [4.78, 5) is 127. The molecule has 0 radical (unpaired) electrons. The first kappa shape index (κ1) is 133. The number of rotatable bonds is 105. The molecule has 0 aliphatic carbocycles. The van der Waals surface area contributed by atoms with Crippen LogP contribution in [0.2, 0.25) is 0 Å². The summed E-state index contributed by atoms with van der Waals surface area (Å²) in [6, 6.07) is 4.91. The first-order valence-corrected chi connectivity index (χ1v) is 59.9. The van der Waals surface area contributed by atoms with Crippen LogP contribution < -0.4 is 16.0 Å². The highest BCUT2D eigenvalue weighted by Gasteiger charge is 2.22. The second-order valence-electron chi connectivity index (χ2n) is 42.3. The van der Waals surface area contributed by atoms with Gasteiger partial charge in [-0.25, -0.2) is 0 Å². The number of esters is 6. The molecule has 6 unspecified atom stereocenters. The van der Waals surface area contributed by atoms with E-state index in [1.54, 1.807) is 18.2 Å². The highest BCUT2D eigenvalue weighted by atomic mass is 16.6. The molecule has 822 valence electrons. The van der Waals surface area contributed by atoms with Crippen LogP contribution in [0.5, 0.6) is 0 Å². The lowest BCUT2D eigenvalue weighted by molar-refractivity contribution is -0.149. The van der Waals surface area contributed by atoms with E-state index in [0.29, 0.717) is 58.2 Å². The molecule has 6 atom stereocenters. The molecular weight excluding hydrogens is 1770 g/mol. The van der Waals surface area contributed by atoms with Gasteiger partial charge in [0.1, 0.15) is 0 Å². The maximum absolute atomic E-state index is 14.6. The van der Waals surface area contributed by atoms with Crippen LogP contribution in [0, 0.1) is 0 Å². The topological polar surface area (TPSA) is 255 Å². The Morgan fingerprint density at radius 3 is 0.482 bits per heavy atom. The van der Waals surface area contributed by atoms with Crippen LogP contribution in [0.1, 0.15) is 596 Å². The summed E-state index contributed by atoms with van der Waals surface area (Å²) in [7, 11) is 0. The number of nitrogens with zero attached hydrogens (tertiary/aromatic N) is 3. The molecule has 141 heavy (non-hydrogen) atoms. The van der Waals surface area contributed by atoms with Crippen molar-refractivity contribution in [1.29, 1.82) is 0 Å². The number of hydrogen-bond acceptors (Lipinski definition) is 18. The smallest absolute Gasteiger partial charge is 0.306 e. The second-order valence-corrected chi connectivity index (χ2v) is 42.3. The lowest BCUT2D eigenvalue weighted by atomic mass is 10.0. The normalized spacial score (nSPS) is 12.9. The van der Waals surface area contributed by atoms with E-state index >= 15 is 0 Å². The Kier molecular flexibility index (Phi) is 92.4. The van der Waals surface area contributed by atoms with Gasteiger partial charge in [-0.15, -0.1) is 0 Å². The number of unbranched alkanes of at least 4 members (excludes halogenated alkanes) is 48. The van der Waals surface area contributed by atoms with Crippen molar-refractivity contribution in [2.75, 3.05) is 78.5 Å². The number of carbonyl (C=O) groups excluding carboxylic acids is 9. The largest absolute Gasteiger partial charge is 0.463 e. The highest BCUT2D eigenvalue weighted by Crippen LogP contribution is 2.23. The molecule has 1 rings (SSSR count). The van der Waals surface area contributed by atoms with Gasteiger partial charge in [-0.1, -0.05) is 311 Å². The molecule has 0 aliphatic heterocycles. The molecule has 21 nitrogen and oxygen atoms in total. The molecular formula is C120H222N6O15. The van der Waals surface area contributed by atoms with Gasteiger partial charge in [0, 0.05) is 74.8 Å². The summed E-state index contributed by atoms with van der Waals surface area (Å²) in [5.41, 5.74) is 0.786. The molecule has 1 aromatic carbocycles. The van der Waals surface area contributed by atoms with Crippen LogP contribution in [-0.4, -0.2) is 183 Å². The lowest BCUT2D eigenvalue weighted by Gasteiger charge is -2.23. The molecule has 1 aromatic rings. The Morgan fingerprint density at radius 1 is 0.191 bits per heavy atom. The molecule has 3 N–H and O–H groups in total. The summed E-state index contributed by atoms with van der Waals surface area (Å²) < 4.78 is 34.4. The van der Waals surface area contributed by atoms with Crippen molar-refractivity contribution >= 4 is 53.5 Å². The van der Waals surface area contributed by atoms with Crippen LogP contribution in [0.25, 0.3) is 0 Å². The number of hydrogen-bond donors (Lipinski definition) is 3. The van der Waals surface area contributed by atoms with Crippen LogP contribution in [-0.2, 0) is 57.2 Å². The predicted octanol–water partition coefficient (Wildman–Crippen LogP) is 30.7. The van der Waals surface area contributed by atoms with E-state index in [9.17, 15) is 43.2 Å². The van der Waals surface area contributed by atoms with Gasteiger partial charge in [0.05, 0.1) is 36.6 Å². The minimum Gasteiger partial charge on any atom is -0.463 e. The number of nitrogens with one attached hydrogen (secondary N) is 3. The van der Waals surface area contributed by atoms with Gasteiger partial charge in [-0.2, -0.15) is 0 Å². The van der Waals surface area contributed by atoms with Crippen LogP contribution in [0.4, 0.5) is 0 Å². The highest BCUT2D eigenvalue weighted by molar-refractivity contribution is 6.04. The quantitative estimate of drug-likeness (QED) is 0.0311. The zero-order valence-electron chi connectivity index (χ0n) is 93.7. The first-order valence-electron chi connectivity index (χ1n) is 59.9. The van der Waals surface area contributed by atoms with E-state index in [4.69, 9.17) is 28.4 Å². The number of benzene rings is 1. The van der Waals surface area contributed by atoms with Crippen molar-refractivity contribution in [3.05, 3.63) is 34.9 Å². The average molecular weight is 1990 g/mol. The maximum atomic E-state index is 14.6. The zero-order valence-corrected chi connectivity index (χ0v) is 93.7. The van der Waals surface area contributed by atoms with Gasteiger partial charge in [-0.05, 0) is 292 Å². The Labute approximate surface area is 865 Å². The maximum Gasteiger partial charge on any atom is 0.306 e. The monoisotopic (exact) mass is 1990 g/mol. The standard InChI is InChI=1S/C120H222N6O15/c1-13-19-25-55-76-103(7)136-112(127)82-61-43-31-37-49-67-91-124(92-68-50-38-32-44-62-83-113(128)137-104(8)77-56-26-20-14-2)97-73-88-121-118(133)109-100-110(119(134)122-89-74-98-125(93-69-51-39-33-45-63-84-114(129)138-105(9)78-57-27-21-15-3)94-70-52-40-34-46-64-85-115(130)139-106(10)79-58-28-22-16-4)102-111(101-109)120(135)123-90-75-99-126(95-71-53-41-35-47-65-86-116(131)140-107(11)80-59-29-23-17-5)96-72-54-42-36-48-66-87-117(132)141-108(12)81-60-30-24-18-6/h100-108H,13-99H2,1-12H3,(H,121,133)(H,122,134)(H,123,135). The minimum atomic E-state index is -0.334. The summed E-state index contributed by atoms with van der Waals surface area (Å²) in [5, 5.41) is 9.60. The molecule has 0 saturated carbocycles. The van der Waals surface area contributed by atoms with Crippen molar-refractivity contribution in [2.45, 2.75) is 601 Å². The molecule has 21 heteroatoms. The van der Waals surface area contributed by atoms with Crippen molar-refractivity contribution in [3.8, 4) is 0 Å². The Bertz CT molecular complexity index is 2660. The van der Waals surface area contributed by atoms with Gasteiger partial charge in [-0.3, -0.25) is 43.2 Å². The second kappa shape index (κ2) is 97.7. The fraction of sp³-hybridized carbons (Fsp3) is 0.875. The molecule has 0 spiro atoms. The Balaban J connectivity index is 3.47. The first-order chi connectivity index (χ1) is 68.5. The SMILES string of the molecule is CCCCCCC(C)OC(=O)CCCCCCCCN(CCCCCCCCC(=O)OC(C)CCCCCC)CCCNC(=O)c1cc(C(=O)NCCCN(CCCCCCCCC(=O)OC(C)CCCCCC)CCCCCCCCC(=O)OC(C)CCCCCC)cc(C(=O)NCCCN(CCCCCCCCC(=O)OC(C)CCCCCC)CCCCCCCCC(=O)OC(C)CCCCCC)c1. The minimum absolute atomic E-state index is 0.0281. The van der Waals surface area contributed by atoms with E-state index in [2.05, 4.69) is 72.2 Å². The van der Waals surface area contributed by atoms with Crippen molar-refractivity contribution in [1.82, 2.24) is 30.7 Å². The summed E-state index contributed by atoms with van der Waals surface area (Å²) in [6.07, 6.45) is 75.7. The fourth-order valence-electron chi connectivity index (χ4n) is 18.9. The van der Waals surface area contributed by atoms with Gasteiger partial charge in [0.2, 0.25) is 0 Å². The third-order valence-electron chi connectivity index (χ3n) is 27.9. The van der Waals surface area contributed by atoms with Crippen molar-refractivity contribution in [3.63, 3.8) is 0 Å². The Morgan fingerprint density at radius 2 is 0.326 bits per heavy atom. The lowest BCUT2D eigenvalue weighted by Crippen LogP contribution is -2.33. The van der Waals surface area contributed by atoms with Crippen molar-refractivity contribution in [2.24, 2.45) is 0 Å². The molecule has 3 amide bonds. The number of ether oxygens (including phenoxy) is 6. The van der Waals surface area contributed by atoms with E-state index in [1.165, 1.54) is 116 Å². The van der Waals surface area contributed by atoms with E-state index in [-0.39, 0.29) is 107 Å². The molecule has 0 bridgehead atoms. The molecule has 0 aromatic heterocycles. The molecule has 0 aliphatic rings. The van der Waals surface area contributed by atoms with Crippen LogP contribution in [0.3, 0.4) is 0 Å². The summed E-state index contributed by atoms with van der Waals surface area (Å²) in [5.74, 6) is -1.48. The number of amides is 3. The molecule has 0 fully saturated rings. The molecule has 0 heterocycles. The van der Waals surface area contributed by atoms with Crippen LogP contribution >= 0.6 is 0 Å². The average Bonchev–Trinajstić information content (AvgIpc) is 0.824. The van der Waals surface area contributed by atoms with Crippen molar-refractivity contribution < 1.29 is 71.6 Å². The van der Waals surface area contributed by atoms with E-state index in [0.717, 1.165) is 386 Å². The van der Waals surface area contributed by atoms with Gasteiger partial charge in [0.25, 0.3) is 17.7 Å². The van der Waals surface area contributed by atoms with Crippen LogP contribution in [0.15, 0.2) is 18.2 Å². The van der Waals surface area contributed by atoms with E-state index in [1.807, 2.05) is 41.5 Å². The van der Waals surface area contributed by atoms with Gasteiger partial charge in [0.15, 0.2) is 0 Å². The predicted molar refractivity (Wildman–Crippen MR) is 586 cm³/mol. The fourth-order valence-corrected chi connectivity index (χ4v) is 18.9. The third-order valence-corrected chi connectivity index (χ3v) is 27.9. The number of carbonyl (C=O) groups is 9. The Hall–Kier alpha value is -5.67. The molecule has 0 saturated heterocycles. The zero-order chi connectivity index (χ0) is 103. The van der Waals surface area contributed by atoms with Gasteiger partial charge >= 0.3 is 35.8 Å². The third kappa shape index (κ3) is 86.1. The summed E-state index contributed by atoms with van der Waals surface area (Å²) >= 11 is 0. The summed E-state index contributed by atoms with van der Waals surface area (Å²) in [6.45, 7) is 34.7.